The van der Waals surface area contributed by atoms with Crippen LogP contribution in [0.25, 0.3) is 0 Å². The molecular formula is C47H85O9P. The monoisotopic (exact) mass is 825 g/mol. The van der Waals surface area contributed by atoms with E-state index in [2.05, 4.69) is 48.8 Å². The van der Waals surface area contributed by atoms with Crippen LogP contribution in [0.1, 0.15) is 219 Å². The van der Waals surface area contributed by atoms with E-state index in [1.165, 1.54) is 128 Å². The van der Waals surface area contributed by atoms with Gasteiger partial charge in [0.2, 0.25) is 0 Å². The summed E-state index contributed by atoms with van der Waals surface area (Å²) < 4.78 is 32.2. The molecule has 3 atom stereocenters. The van der Waals surface area contributed by atoms with Gasteiger partial charge in [-0.1, -0.05) is 192 Å². The first-order valence-electron chi connectivity index (χ1n) is 23.4. The van der Waals surface area contributed by atoms with Crippen molar-refractivity contribution in [3.63, 3.8) is 0 Å². The Morgan fingerprint density at radius 3 is 1.49 bits per heavy atom. The second kappa shape index (κ2) is 38.4. The number of esters is 2. The molecular weight excluding hydrogens is 739 g/mol. The molecule has 2 unspecified atom stereocenters. The van der Waals surface area contributed by atoms with Gasteiger partial charge in [0.1, 0.15) is 6.61 Å². The number of allylic oxidation sites excluding steroid dienone is 4. The summed E-state index contributed by atoms with van der Waals surface area (Å²) >= 11 is 0. The molecule has 0 aromatic heterocycles. The SMILES string of the molecule is CCCCC/C=C\C/C=C\CC1OC1C/C=C\CCCC(=O)OC[C@H](COP(=O)(O)O)OC(=O)CCCCCCCCCCCCCCCCCCCCCCC. The first-order chi connectivity index (χ1) is 27.7. The summed E-state index contributed by atoms with van der Waals surface area (Å²) in [7, 11) is -4.77. The van der Waals surface area contributed by atoms with Crippen molar-refractivity contribution in [1.82, 2.24) is 0 Å². The van der Waals surface area contributed by atoms with Crippen molar-refractivity contribution >= 4 is 19.8 Å². The highest BCUT2D eigenvalue weighted by Crippen LogP contribution is 2.36. The Morgan fingerprint density at radius 1 is 0.544 bits per heavy atom. The van der Waals surface area contributed by atoms with Gasteiger partial charge in [-0.25, -0.2) is 4.57 Å². The highest BCUT2D eigenvalue weighted by Gasteiger charge is 2.36. The Hall–Kier alpha value is -1.77. The molecule has 57 heavy (non-hydrogen) atoms. The number of unbranched alkanes of at least 4 members (excludes halogenated alkanes) is 24. The van der Waals surface area contributed by atoms with Gasteiger partial charge in [-0.15, -0.1) is 0 Å². The van der Waals surface area contributed by atoms with Crippen molar-refractivity contribution in [1.29, 1.82) is 0 Å². The zero-order chi connectivity index (χ0) is 41.5. The molecule has 0 aromatic carbocycles. The first kappa shape index (κ1) is 53.2. The number of phosphoric ester groups is 1. The minimum Gasteiger partial charge on any atom is -0.462 e. The van der Waals surface area contributed by atoms with Crippen LogP contribution in [0.4, 0.5) is 0 Å². The molecule has 0 saturated carbocycles. The highest BCUT2D eigenvalue weighted by atomic mass is 31.2. The summed E-state index contributed by atoms with van der Waals surface area (Å²) in [4.78, 5) is 43.0. The third kappa shape index (κ3) is 38.2. The standard InChI is InChI=1S/C47H85O9P/c1-3-5-7-9-11-13-14-15-16-17-18-19-20-21-22-23-24-26-28-30-36-40-47(49)55-43(42-54-57(50,51)52)41-53-46(48)39-35-32-31-34-38-45-44(56-45)37-33-29-27-25-12-10-8-6-4-2/h12,25,29,31,33-34,43-45H,3-11,13-24,26-28,30,32,35-42H2,1-2H3,(H2,50,51,52)/b25-12-,33-29-,34-31-/t43-,44?,45?/m1/s1. The van der Waals surface area contributed by atoms with E-state index in [4.69, 9.17) is 24.0 Å². The predicted molar refractivity (Wildman–Crippen MR) is 234 cm³/mol. The van der Waals surface area contributed by atoms with Crippen LogP contribution in [0.5, 0.6) is 0 Å². The number of rotatable bonds is 42. The zero-order valence-corrected chi connectivity index (χ0v) is 37.3. The molecule has 10 heteroatoms. The van der Waals surface area contributed by atoms with Crippen molar-refractivity contribution in [3.8, 4) is 0 Å². The van der Waals surface area contributed by atoms with Crippen LogP contribution in [-0.2, 0) is 32.9 Å². The lowest BCUT2D eigenvalue weighted by molar-refractivity contribution is -0.161. The molecule has 0 aromatic rings. The Labute approximate surface area is 348 Å². The van der Waals surface area contributed by atoms with E-state index in [0.717, 1.165) is 51.4 Å². The summed E-state index contributed by atoms with van der Waals surface area (Å²) in [5.41, 5.74) is 0. The summed E-state index contributed by atoms with van der Waals surface area (Å²) in [6.07, 6.45) is 49.0. The van der Waals surface area contributed by atoms with E-state index in [-0.39, 0.29) is 31.7 Å². The van der Waals surface area contributed by atoms with E-state index < -0.39 is 32.5 Å². The number of carbonyl (C=O) groups excluding carboxylic acids is 2. The number of hydrogen-bond acceptors (Lipinski definition) is 7. The number of hydrogen-bond donors (Lipinski definition) is 2. The molecule has 1 heterocycles. The van der Waals surface area contributed by atoms with E-state index in [1.807, 2.05) is 6.08 Å². The molecule has 1 aliphatic heterocycles. The molecule has 1 fully saturated rings. The first-order valence-corrected chi connectivity index (χ1v) is 24.9. The van der Waals surface area contributed by atoms with Crippen LogP contribution in [0.2, 0.25) is 0 Å². The number of ether oxygens (including phenoxy) is 3. The molecule has 0 spiro atoms. The van der Waals surface area contributed by atoms with Crippen molar-refractivity contribution in [2.24, 2.45) is 0 Å². The van der Waals surface area contributed by atoms with Gasteiger partial charge in [0.15, 0.2) is 6.10 Å². The van der Waals surface area contributed by atoms with Crippen LogP contribution in [0.3, 0.4) is 0 Å². The Kier molecular flexibility index (Phi) is 35.9. The molecule has 2 N–H and O–H groups in total. The Bertz CT molecular complexity index is 1080. The van der Waals surface area contributed by atoms with E-state index in [0.29, 0.717) is 12.8 Å². The van der Waals surface area contributed by atoms with Gasteiger partial charge in [0.25, 0.3) is 0 Å². The second-order valence-electron chi connectivity index (χ2n) is 16.1. The van der Waals surface area contributed by atoms with Crippen molar-refractivity contribution in [2.45, 2.75) is 238 Å². The minimum atomic E-state index is -4.77. The number of phosphoric acid groups is 1. The summed E-state index contributed by atoms with van der Waals surface area (Å²) in [6.45, 7) is 3.63. The van der Waals surface area contributed by atoms with Crippen LogP contribution < -0.4 is 0 Å². The molecule has 0 bridgehead atoms. The molecule has 0 aliphatic carbocycles. The smallest absolute Gasteiger partial charge is 0.462 e. The molecule has 1 aliphatic rings. The van der Waals surface area contributed by atoms with Crippen molar-refractivity contribution < 1.29 is 42.7 Å². The largest absolute Gasteiger partial charge is 0.469 e. The van der Waals surface area contributed by atoms with Gasteiger partial charge < -0.3 is 24.0 Å². The molecule has 1 saturated heterocycles. The normalized spacial score (nSPS) is 16.3. The van der Waals surface area contributed by atoms with Gasteiger partial charge in [-0.2, -0.15) is 0 Å². The van der Waals surface area contributed by atoms with E-state index in [9.17, 15) is 14.2 Å². The molecule has 1 rings (SSSR count). The fraction of sp³-hybridized carbons (Fsp3) is 0.830. The van der Waals surface area contributed by atoms with Gasteiger partial charge in [-0.3, -0.25) is 14.1 Å². The maximum absolute atomic E-state index is 12.5. The lowest BCUT2D eigenvalue weighted by Crippen LogP contribution is -2.29. The van der Waals surface area contributed by atoms with Crippen molar-refractivity contribution in [3.05, 3.63) is 36.5 Å². The zero-order valence-electron chi connectivity index (χ0n) is 36.4. The summed E-state index contributed by atoms with van der Waals surface area (Å²) in [6, 6.07) is 0. The van der Waals surface area contributed by atoms with Gasteiger partial charge in [-0.05, 0) is 51.4 Å². The second-order valence-corrected chi connectivity index (χ2v) is 17.4. The third-order valence-electron chi connectivity index (χ3n) is 10.6. The van der Waals surface area contributed by atoms with E-state index in [1.54, 1.807) is 0 Å². The minimum absolute atomic E-state index is 0.185. The Balaban J connectivity index is 2.05. The van der Waals surface area contributed by atoms with E-state index >= 15 is 0 Å². The fourth-order valence-electron chi connectivity index (χ4n) is 6.94. The molecule has 332 valence electrons. The van der Waals surface area contributed by atoms with Crippen LogP contribution in [0.15, 0.2) is 36.5 Å². The average molecular weight is 825 g/mol. The van der Waals surface area contributed by atoms with Crippen molar-refractivity contribution in [2.75, 3.05) is 13.2 Å². The fourth-order valence-corrected chi connectivity index (χ4v) is 7.30. The van der Waals surface area contributed by atoms with Gasteiger partial charge in [0, 0.05) is 12.8 Å². The average Bonchev–Trinajstić information content (AvgIpc) is 3.94. The number of epoxide rings is 1. The van der Waals surface area contributed by atoms with Crippen LogP contribution >= 0.6 is 7.82 Å². The summed E-state index contributed by atoms with van der Waals surface area (Å²) in [5, 5.41) is 0. The maximum Gasteiger partial charge on any atom is 0.469 e. The van der Waals surface area contributed by atoms with Gasteiger partial charge in [0.05, 0.1) is 18.8 Å². The quantitative estimate of drug-likeness (QED) is 0.0203. The predicted octanol–water partition coefficient (Wildman–Crippen LogP) is 13.5. The maximum atomic E-state index is 12.5. The summed E-state index contributed by atoms with van der Waals surface area (Å²) in [5.74, 6) is -0.949. The topological polar surface area (TPSA) is 132 Å². The number of carbonyl (C=O) groups is 2. The van der Waals surface area contributed by atoms with Gasteiger partial charge >= 0.3 is 19.8 Å². The highest BCUT2D eigenvalue weighted by molar-refractivity contribution is 7.46. The molecule has 0 amide bonds. The third-order valence-corrected chi connectivity index (χ3v) is 11.0. The Morgan fingerprint density at radius 2 is 0.965 bits per heavy atom. The van der Waals surface area contributed by atoms with Crippen LogP contribution in [0, 0.1) is 0 Å². The van der Waals surface area contributed by atoms with Crippen LogP contribution in [-0.4, -0.2) is 53.3 Å². The molecule has 0 radical (unpaired) electrons. The lowest BCUT2D eigenvalue weighted by Gasteiger charge is -2.18. The lowest BCUT2D eigenvalue weighted by atomic mass is 10.0. The molecule has 9 nitrogen and oxygen atoms in total.